The van der Waals surface area contributed by atoms with E-state index in [0.717, 1.165) is 5.56 Å². The highest BCUT2D eigenvalue weighted by molar-refractivity contribution is 5.74. The van der Waals surface area contributed by atoms with Crippen LogP contribution in [0.3, 0.4) is 0 Å². The lowest BCUT2D eigenvalue weighted by Crippen LogP contribution is -2.38. The number of carbonyl (C=O) groups excluding carboxylic acids is 3. The van der Waals surface area contributed by atoms with E-state index in [9.17, 15) is 14.4 Å². The molecule has 1 aromatic carbocycles. The maximum absolute atomic E-state index is 13.2. The molecule has 0 radical (unpaired) electrons. The molecular formula is C26H39NO7. The number of nitrogens with zero attached hydrogens (tertiary/aromatic N) is 1. The zero-order chi connectivity index (χ0) is 25.5. The lowest BCUT2D eigenvalue weighted by Gasteiger charge is -2.28. The number of benzene rings is 1. The van der Waals surface area contributed by atoms with Crippen molar-refractivity contribution in [2.75, 3.05) is 26.3 Å². The number of amides is 1. The van der Waals surface area contributed by atoms with Gasteiger partial charge in [-0.1, -0.05) is 12.1 Å². The summed E-state index contributed by atoms with van der Waals surface area (Å²) >= 11 is 0. The second-order valence-electron chi connectivity index (χ2n) is 10.6. The highest BCUT2D eigenvalue weighted by atomic mass is 16.6. The molecule has 2 atom stereocenters. The van der Waals surface area contributed by atoms with E-state index in [-0.39, 0.29) is 24.6 Å². The van der Waals surface area contributed by atoms with Gasteiger partial charge in [0.25, 0.3) is 0 Å². The second kappa shape index (κ2) is 11.6. The van der Waals surface area contributed by atoms with E-state index in [4.69, 9.17) is 18.9 Å². The Hall–Kier alpha value is -2.77. The van der Waals surface area contributed by atoms with Gasteiger partial charge in [0.15, 0.2) is 6.61 Å². The molecule has 0 aromatic heterocycles. The summed E-state index contributed by atoms with van der Waals surface area (Å²) in [6, 6.07) is 7.31. The Bertz CT molecular complexity index is 853. The molecule has 0 aliphatic carbocycles. The summed E-state index contributed by atoms with van der Waals surface area (Å²) in [5.41, 5.74) is -0.319. The molecule has 1 aliphatic heterocycles. The first-order valence-corrected chi connectivity index (χ1v) is 11.9. The van der Waals surface area contributed by atoms with Gasteiger partial charge in [0.2, 0.25) is 0 Å². The minimum atomic E-state index is -0.622. The fraction of sp³-hybridized carbons (Fsp3) is 0.654. The molecule has 0 N–H and O–H groups in total. The van der Waals surface area contributed by atoms with Crippen molar-refractivity contribution >= 4 is 18.0 Å². The maximum Gasteiger partial charge on any atom is 0.410 e. The summed E-state index contributed by atoms with van der Waals surface area (Å²) in [6.07, 6.45) is 0.743. The third-order valence-electron chi connectivity index (χ3n) is 5.17. The highest BCUT2D eigenvalue weighted by Gasteiger charge is 2.39. The number of hydrogen-bond acceptors (Lipinski definition) is 7. The van der Waals surface area contributed by atoms with Gasteiger partial charge in [0.1, 0.15) is 17.0 Å². The first-order valence-electron chi connectivity index (χ1n) is 11.9. The molecule has 1 saturated heterocycles. The van der Waals surface area contributed by atoms with Crippen LogP contribution in [0.25, 0.3) is 0 Å². The molecule has 1 aliphatic rings. The molecule has 0 spiro atoms. The van der Waals surface area contributed by atoms with E-state index in [2.05, 4.69) is 0 Å². The molecule has 34 heavy (non-hydrogen) atoms. The van der Waals surface area contributed by atoms with Crippen molar-refractivity contribution in [3.05, 3.63) is 29.8 Å². The molecule has 0 unspecified atom stereocenters. The van der Waals surface area contributed by atoms with Crippen molar-refractivity contribution in [3.8, 4) is 5.75 Å². The first kappa shape index (κ1) is 27.5. The van der Waals surface area contributed by atoms with Gasteiger partial charge in [0.05, 0.1) is 12.5 Å². The Balaban J connectivity index is 2.14. The van der Waals surface area contributed by atoms with Crippen molar-refractivity contribution in [1.82, 2.24) is 4.90 Å². The van der Waals surface area contributed by atoms with E-state index in [1.165, 1.54) is 0 Å². The SMILES string of the molecule is CCOC(=O)COc1cccc(C[C@H](C(=O)OC(C)(C)C)[C@H]2CCN(C(=O)OC(C)(C)C)C2)c1. The van der Waals surface area contributed by atoms with Crippen molar-refractivity contribution in [2.45, 2.75) is 72.5 Å². The van der Waals surface area contributed by atoms with Gasteiger partial charge in [-0.3, -0.25) is 4.79 Å². The molecule has 1 aromatic rings. The number of rotatable bonds is 8. The van der Waals surface area contributed by atoms with Gasteiger partial charge in [-0.15, -0.1) is 0 Å². The van der Waals surface area contributed by atoms with Gasteiger partial charge in [-0.2, -0.15) is 0 Å². The van der Waals surface area contributed by atoms with Crippen LogP contribution in [0.1, 0.15) is 60.5 Å². The van der Waals surface area contributed by atoms with E-state index >= 15 is 0 Å². The lowest BCUT2D eigenvalue weighted by molar-refractivity contribution is -0.162. The molecule has 0 bridgehead atoms. The molecular weight excluding hydrogens is 438 g/mol. The standard InChI is InChI=1S/C26H39NO7/c1-8-31-22(28)17-32-20-11-9-10-18(14-20)15-21(23(29)33-25(2,3)4)19-12-13-27(16-19)24(30)34-26(5,6)7/h9-11,14,19,21H,8,12-13,15-17H2,1-7H3/t19-,21-/m0/s1. The number of likely N-dealkylation sites (tertiary alicyclic amines) is 1. The summed E-state index contributed by atoms with van der Waals surface area (Å²) in [5, 5.41) is 0. The Morgan fingerprint density at radius 3 is 2.35 bits per heavy atom. The lowest BCUT2D eigenvalue weighted by atomic mass is 9.86. The molecule has 2 rings (SSSR count). The minimum absolute atomic E-state index is 0.0634. The number of ether oxygens (including phenoxy) is 4. The summed E-state index contributed by atoms with van der Waals surface area (Å²) in [4.78, 5) is 39.0. The van der Waals surface area contributed by atoms with Crippen molar-refractivity contribution in [2.24, 2.45) is 11.8 Å². The fourth-order valence-corrected chi connectivity index (χ4v) is 3.79. The van der Waals surface area contributed by atoms with Crippen LogP contribution < -0.4 is 4.74 Å². The zero-order valence-electron chi connectivity index (χ0n) is 21.5. The van der Waals surface area contributed by atoms with Crippen LogP contribution in [0.4, 0.5) is 4.79 Å². The number of esters is 2. The van der Waals surface area contributed by atoms with Gasteiger partial charge >= 0.3 is 18.0 Å². The molecule has 8 nitrogen and oxygen atoms in total. The second-order valence-corrected chi connectivity index (χ2v) is 10.6. The largest absolute Gasteiger partial charge is 0.482 e. The predicted octanol–water partition coefficient (Wildman–Crippen LogP) is 4.39. The third kappa shape index (κ3) is 9.23. The Morgan fingerprint density at radius 2 is 1.74 bits per heavy atom. The normalized spacial score (nSPS) is 17.1. The maximum atomic E-state index is 13.2. The predicted molar refractivity (Wildman–Crippen MR) is 128 cm³/mol. The van der Waals surface area contributed by atoms with Crippen LogP contribution in [0.15, 0.2) is 24.3 Å². The van der Waals surface area contributed by atoms with Crippen LogP contribution >= 0.6 is 0 Å². The minimum Gasteiger partial charge on any atom is -0.482 e. The van der Waals surface area contributed by atoms with Crippen LogP contribution in [0.2, 0.25) is 0 Å². The van der Waals surface area contributed by atoms with Gasteiger partial charge in [0, 0.05) is 13.1 Å². The van der Waals surface area contributed by atoms with Crippen LogP contribution in [0, 0.1) is 11.8 Å². The number of carbonyl (C=O) groups is 3. The van der Waals surface area contributed by atoms with Gasteiger partial charge in [-0.05, 0) is 84.9 Å². The molecule has 190 valence electrons. The molecule has 8 heteroatoms. The van der Waals surface area contributed by atoms with Crippen LogP contribution in [-0.2, 0) is 30.2 Å². The number of hydrogen-bond donors (Lipinski definition) is 0. The fourth-order valence-electron chi connectivity index (χ4n) is 3.79. The topological polar surface area (TPSA) is 91.4 Å². The summed E-state index contributed by atoms with van der Waals surface area (Å²) < 4.78 is 21.7. The van der Waals surface area contributed by atoms with Crippen LogP contribution in [-0.4, -0.2) is 60.4 Å². The highest BCUT2D eigenvalue weighted by Crippen LogP contribution is 2.31. The molecule has 0 saturated carbocycles. The summed E-state index contributed by atoms with van der Waals surface area (Å²) in [6.45, 7) is 13.8. The smallest absolute Gasteiger partial charge is 0.410 e. The average Bonchev–Trinajstić information content (AvgIpc) is 3.18. The third-order valence-corrected chi connectivity index (χ3v) is 5.17. The quantitative estimate of drug-likeness (QED) is 0.405. The molecule has 1 fully saturated rings. The van der Waals surface area contributed by atoms with Crippen molar-refractivity contribution < 1.29 is 33.3 Å². The van der Waals surface area contributed by atoms with Crippen molar-refractivity contribution in [3.63, 3.8) is 0 Å². The van der Waals surface area contributed by atoms with E-state index in [1.807, 2.05) is 59.7 Å². The Labute approximate surface area is 202 Å². The van der Waals surface area contributed by atoms with E-state index in [0.29, 0.717) is 38.3 Å². The van der Waals surface area contributed by atoms with E-state index in [1.54, 1.807) is 17.9 Å². The average molecular weight is 478 g/mol. The van der Waals surface area contributed by atoms with Crippen molar-refractivity contribution in [1.29, 1.82) is 0 Å². The summed E-state index contributed by atoms with van der Waals surface area (Å²) in [7, 11) is 0. The van der Waals surface area contributed by atoms with Crippen LogP contribution in [0.5, 0.6) is 5.75 Å². The Morgan fingerprint density at radius 1 is 1.06 bits per heavy atom. The van der Waals surface area contributed by atoms with E-state index < -0.39 is 23.1 Å². The first-order chi connectivity index (χ1) is 15.8. The van der Waals surface area contributed by atoms with Gasteiger partial charge in [-0.25, -0.2) is 9.59 Å². The summed E-state index contributed by atoms with van der Waals surface area (Å²) in [5.74, 6) is -0.706. The monoisotopic (exact) mass is 477 g/mol. The van der Waals surface area contributed by atoms with Gasteiger partial charge < -0.3 is 23.8 Å². The molecule has 1 heterocycles. The Kier molecular flexibility index (Phi) is 9.36. The zero-order valence-corrected chi connectivity index (χ0v) is 21.5. The molecule has 1 amide bonds.